The standard InChI is InChI=1S/C4H5N3O6S/c5-3-14-2-4(13-7(10)11)1-12-6(8)9/h4H,1-2H2. The molecule has 0 fully saturated rings. The monoisotopic (exact) mass is 223 g/mol. The van der Waals surface area contributed by atoms with E-state index in [4.69, 9.17) is 5.26 Å². The molecule has 0 saturated carbocycles. The highest BCUT2D eigenvalue weighted by Crippen LogP contribution is 2.04. The lowest BCUT2D eigenvalue weighted by atomic mass is 10.4. The Labute approximate surface area is 81.8 Å². The Morgan fingerprint density at radius 1 is 1.43 bits per heavy atom. The van der Waals surface area contributed by atoms with Crippen molar-refractivity contribution < 1.29 is 19.8 Å². The molecule has 0 saturated heterocycles. The van der Waals surface area contributed by atoms with Crippen molar-refractivity contribution in [2.24, 2.45) is 0 Å². The van der Waals surface area contributed by atoms with Gasteiger partial charge in [0.2, 0.25) is 0 Å². The maximum Gasteiger partial charge on any atom is 0.294 e. The van der Waals surface area contributed by atoms with E-state index >= 15 is 0 Å². The van der Waals surface area contributed by atoms with Gasteiger partial charge in [0.25, 0.3) is 10.2 Å². The Hall–Kier alpha value is -1.76. The third kappa shape index (κ3) is 6.92. The Bertz CT molecular complexity index is 252. The fraction of sp³-hybridized carbons (Fsp3) is 0.750. The molecule has 0 aliphatic carbocycles. The lowest BCUT2D eigenvalue weighted by Gasteiger charge is -2.10. The molecule has 0 radical (unpaired) electrons. The van der Waals surface area contributed by atoms with E-state index in [1.165, 1.54) is 0 Å². The molecule has 1 atom stereocenters. The first kappa shape index (κ1) is 12.2. The summed E-state index contributed by atoms with van der Waals surface area (Å²) in [6.07, 6.45) is -1.12. The van der Waals surface area contributed by atoms with E-state index in [9.17, 15) is 20.2 Å². The summed E-state index contributed by atoms with van der Waals surface area (Å²) in [5.74, 6) is -0.0781. The van der Waals surface area contributed by atoms with E-state index in [0.717, 1.165) is 0 Å². The molecule has 0 aliphatic heterocycles. The van der Waals surface area contributed by atoms with Gasteiger partial charge >= 0.3 is 0 Å². The van der Waals surface area contributed by atoms with Crippen LogP contribution in [0.15, 0.2) is 0 Å². The van der Waals surface area contributed by atoms with Gasteiger partial charge < -0.3 is 9.68 Å². The summed E-state index contributed by atoms with van der Waals surface area (Å²) < 4.78 is 0. The van der Waals surface area contributed by atoms with Crippen LogP contribution < -0.4 is 0 Å². The fourth-order valence-corrected chi connectivity index (χ4v) is 0.922. The topological polar surface area (TPSA) is 129 Å². The van der Waals surface area contributed by atoms with Crippen LogP contribution in [0.1, 0.15) is 0 Å². The van der Waals surface area contributed by atoms with Crippen LogP contribution >= 0.6 is 11.8 Å². The van der Waals surface area contributed by atoms with Crippen molar-refractivity contribution in [3.63, 3.8) is 0 Å². The van der Waals surface area contributed by atoms with E-state index < -0.39 is 22.9 Å². The maximum absolute atomic E-state index is 9.88. The van der Waals surface area contributed by atoms with Crippen LogP contribution in [0.4, 0.5) is 0 Å². The first-order valence-electron chi connectivity index (χ1n) is 3.15. The van der Waals surface area contributed by atoms with E-state index in [0.29, 0.717) is 11.8 Å². The number of nitrogens with zero attached hydrogens (tertiary/aromatic N) is 3. The van der Waals surface area contributed by atoms with Gasteiger partial charge in [0.1, 0.15) is 18.1 Å². The van der Waals surface area contributed by atoms with Gasteiger partial charge in [0.15, 0.2) is 0 Å². The number of thiocyanates is 1. The zero-order valence-corrected chi connectivity index (χ0v) is 7.51. The van der Waals surface area contributed by atoms with Gasteiger partial charge in [-0.1, -0.05) is 0 Å². The minimum Gasteiger partial charge on any atom is -0.312 e. The van der Waals surface area contributed by atoms with Crippen molar-refractivity contribution in [2.75, 3.05) is 12.4 Å². The number of nitriles is 1. The van der Waals surface area contributed by atoms with Gasteiger partial charge in [-0.05, 0) is 11.8 Å². The van der Waals surface area contributed by atoms with Crippen molar-refractivity contribution in [1.82, 2.24) is 0 Å². The van der Waals surface area contributed by atoms with Gasteiger partial charge in [-0.2, -0.15) is 5.26 Å². The lowest BCUT2D eigenvalue weighted by molar-refractivity contribution is -0.788. The number of hydrogen-bond acceptors (Lipinski definition) is 8. The third-order valence-corrected chi connectivity index (χ3v) is 1.60. The molecule has 0 aliphatic rings. The second-order valence-corrected chi connectivity index (χ2v) is 2.68. The molecule has 0 aromatic carbocycles. The van der Waals surface area contributed by atoms with E-state index in [-0.39, 0.29) is 5.75 Å². The van der Waals surface area contributed by atoms with Crippen molar-refractivity contribution >= 4 is 11.8 Å². The molecule has 0 heterocycles. The number of hydrogen-bond donors (Lipinski definition) is 0. The second-order valence-electron chi connectivity index (χ2n) is 1.87. The normalized spacial score (nSPS) is 11.1. The van der Waals surface area contributed by atoms with Crippen LogP contribution in [0.2, 0.25) is 0 Å². The Kier molecular flexibility index (Phi) is 5.88. The van der Waals surface area contributed by atoms with Crippen LogP contribution in [-0.2, 0) is 9.68 Å². The predicted octanol–water partition coefficient (Wildman–Crippen LogP) is -0.0141. The van der Waals surface area contributed by atoms with Crippen molar-refractivity contribution in [1.29, 1.82) is 5.26 Å². The molecule has 9 nitrogen and oxygen atoms in total. The van der Waals surface area contributed by atoms with E-state index in [2.05, 4.69) is 9.68 Å². The predicted molar refractivity (Wildman–Crippen MR) is 42.9 cm³/mol. The summed E-state index contributed by atoms with van der Waals surface area (Å²) >= 11 is 0.683. The average Bonchev–Trinajstić information content (AvgIpc) is 2.09. The average molecular weight is 223 g/mol. The molecule has 0 N–H and O–H groups in total. The van der Waals surface area contributed by atoms with Crippen molar-refractivity contribution in [3.05, 3.63) is 20.2 Å². The molecule has 0 spiro atoms. The minimum atomic E-state index is -1.12. The largest absolute Gasteiger partial charge is 0.312 e. The Balaban J connectivity index is 3.91. The van der Waals surface area contributed by atoms with Gasteiger partial charge in [0.05, 0.1) is 0 Å². The molecule has 0 aromatic heterocycles. The lowest BCUT2D eigenvalue weighted by Crippen LogP contribution is -2.26. The van der Waals surface area contributed by atoms with Gasteiger partial charge in [-0.3, -0.25) is 0 Å². The summed E-state index contributed by atoms with van der Waals surface area (Å²) in [5, 5.41) is 27.2. The van der Waals surface area contributed by atoms with Gasteiger partial charge in [0, 0.05) is 5.75 Å². The van der Waals surface area contributed by atoms with Crippen LogP contribution in [0.5, 0.6) is 0 Å². The zero-order chi connectivity index (χ0) is 11.0. The smallest absolute Gasteiger partial charge is 0.294 e. The maximum atomic E-state index is 9.88. The van der Waals surface area contributed by atoms with Crippen LogP contribution in [0.3, 0.4) is 0 Å². The molecule has 1 unspecified atom stereocenters. The molecule has 0 aromatic rings. The van der Waals surface area contributed by atoms with E-state index in [1.807, 2.05) is 0 Å². The first-order chi connectivity index (χ1) is 6.56. The SMILES string of the molecule is N#CSCC(CO[N+](=O)[O-])O[N+](=O)[O-]. The number of thioether (sulfide) groups is 1. The molecule has 0 amide bonds. The number of rotatable bonds is 7. The third-order valence-electron chi connectivity index (χ3n) is 0.935. The summed E-state index contributed by atoms with van der Waals surface area (Å²) in [5.41, 5.74) is 0. The molecule has 0 bridgehead atoms. The Morgan fingerprint density at radius 3 is 2.50 bits per heavy atom. The fourth-order valence-electron chi connectivity index (χ4n) is 0.505. The van der Waals surface area contributed by atoms with Gasteiger partial charge in [-0.15, -0.1) is 20.2 Å². The molecular formula is C4H5N3O6S. The van der Waals surface area contributed by atoms with Crippen molar-refractivity contribution in [3.8, 4) is 5.40 Å². The summed E-state index contributed by atoms with van der Waals surface area (Å²) in [6.45, 7) is -0.581. The highest BCUT2D eigenvalue weighted by atomic mass is 32.2. The highest BCUT2D eigenvalue weighted by molar-refractivity contribution is 8.03. The molecular weight excluding hydrogens is 218 g/mol. The van der Waals surface area contributed by atoms with Crippen LogP contribution in [0, 0.1) is 30.9 Å². The summed E-state index contributed by atoms with van der Waals surface area (Å²) in [4.78, 5) is 27.5. The van der Waals surface area contributed by atoms with Crippen molar-refractivity contribution in [2.45, 2.75) is 6.10 Å². The summed E-state index contributed by atoms with van der Waals surface area (Å²) in [6, 6.07) is 0. The quantitative estimate of drug-likeness (QED) is 0.334. The first-order valence-corrected chi connectivity index (χ1v) is 4.14. The molecule has 10 heteroatoms. The van der Waals surface area contributed by atoms with Crippen LogP contribution in [0.25, 0.3) is 0 Å². The zero-order valence-electron chi connectivity index (χ0n) is 6.69. The molecule has 14 heavy (non-hydrogen) atoms. The van der Waals surface area contributed by atoms with Crippen LogP contribution in [-0.4, -0.2) is 28.6 Å². The van der Waals surface area contributed by atoms with E-state index in [1.54, 1.807) is 5.40 Å². The highest BCUT2D eigenvalue weighted by Gasteiger charge is 2.15. The molecule has 78 valence electrons. The second kappa shape index (κ2) is 6.72. The Morgan fingerprint density at radius 2 is 2.07 bits per heavy atom. The minimum absolute atomic E-state index is 0.0781. The summed E-state index contributed by atoms with van der Waals surface area (Å²) in [7, 11) is 0. The molecule has 0 rings (SSSR count). The van der Waals surface area contributed by atoms with Gasteiger partial charge in [-0.25, -0.2) is 0 Å².